The second-order valence-corrected chi connectivity index (χ2v) is 9.06. The van der Waals surface area contributed by atoms with Crippen molar-refractivity contribution >= 4 is 35.1 Å². The van der Waals surface area contributed by atoms with Crippen molar-refractivity contribution in [2.75, 3.05) is 37.7 Å². The molecule has 3 heterocycles. The van der Waals surface area contributed by atoms with Gasteiger partial charge in [-0.3, -0.25) is 14.6 Å². The number of carbonyl (C=O) groups is 2. The third kappa shape index (κ3) is 4.52. The summed E-state index contributed by atoms with van der Waals surface area (Å²) >= 11 is 1.44. The third-order valence-electron chi connectivity index (χ3n) is 5.95. The Morgan fingerprint density at radius 3 is 2.48 bits per heavy atom. The molecule has 0 bridgehead atoms. The van der Waals surface area contributed by atoms with E-state index in [-0.39, 0.29) is 17.6 Å². The molecule has 1 fully saturated rings. The lowest BCUT2D eigenvalue weighted by atomic mass is 10.1. The van der Waals surface area contributed by atoms with Gasteiger partial charge in [0.25, 0.3) is 11.8 Å². The number of anilines is 1. The summed E-state index contributed by atoms with van der Waals surface area (Å²) < 4.78 is 13.6. The molecule has 1 aromatic heterocycles. The van der Waals surface area contributed by atoms with Gasteiger partial charge in [0.15, 0.2) is 0 Å². The Morgan fingerprint density at radius 2 is 1.73 bits per heavy atom. The Kier molecular flexibility index (Phi) is 5.92. The van der Waals surface area contributed by atoms with Gasteiger partial charge >= 0.3 is 0 Å². The highest BCUT2D eigenvalue weighted by Gasteiger charge is 2.26. The SMILES string of the molecule is O=C(c1cccc(CN2CN=Cc3cc(F)ccc32)c1)N1CCN(C(=O)c2cccs2)CC1. The summed E-state index contributed by atoms with van der Waals surface area (Å²) in [5.41, 5.74) is 3.29. The number of carbonyl (C=O) groups excluding carboxylic acids is 2. The van der Waals surface area contributed by atoms with Crippen molar-refractivity contribution < 1.29 is 14.0 Å². The van der Waals surface area contributed by atoms with Crippen LogP contribution in [0.3, 0.4) is 0 Å². The molecule has 0 radical (unpaired) electrons. The van der Waals surface area contributed by atoms with Gasteiger partial charge in [-0.1, -0.05) is 18.2 Å². The minimum absolute atomic E-state index is 0.0285. The van der Waals surface area contributed by atoms with Crippen molar-refractivity contribution in [2.24, 2.45) is 4.99 Å². The van der Waals surface area contributed by atoms with Crippen LogP contribution in [0.2, 0.25) is 0 Å². The Labute approximate surface area is 195 Å². The van der Waals surface area contributed by atoms with Crippen LogP contribution in [0.1, 0.15) is 31.2 Å². The van der Waals surface area contributed by atoms with Crippen LogP contribution in [0.5, 0.6) is 0 Å². The zero-order valence-electron chi connectivity index (χ0n) is 18.0. The maximum atomic E-state index is 13.6. The molecule has 2 amide bonds. The van der Waals surface area contributed by atoms with E-state index in [4.69, 9.17) is 0 Å². The average Bonchev–Trinajstić information content (AvgIpc) is 3.38. The van der Waals surface area contributed by atoms with Crippen molar-refractivity contribution in [1.82, 2.24) is 9.80 Å². The topological polar surface area (TPSA) is 56.2 Å². The van der Waals surface area contributed by atoms with Crippen LogP contribution in [-0.4, -0.2) is 60.7 Å². The predicted molar refractivity (Wildman–Crippen MR) is 128 cm³/mol. The Hall–Kier alpha value is -3.52. The number of benzene rings is 2. The van der Waals surface area contributed by atoms with Crippen molar-refractivity contribution in [3.63, 3.8) is 0 Å². The first-order chi connectivity index (χ1) is 16.1. The molecule has 3 aromatic rings. The second-order valence-electron chi connectivity index (χ2n) is 8.12. The number of amides is 2. The lowest BCUT2D eigenvalue weighted by Crippen LogP contribution is -2.50. The van der Waals surface area contributed by atoms with Gasteiger partial charge in [0.2, 0.25) is 0 Å². The Balaban J connectivity index is 1.24. The number of halogens is 1. The maximum Gasteiger partial charge on any atom is 0.264 e. The van der Waals surface area contributed by atoms with E-state index < -0.39 is 0 Å². The van der Waals surface area contributed by atoms with Gasteiger partial charge in [-0.05, 0) is 47.3 Å². The first kappa shape index (κ1) is 21.3. The minimum atomic E-state index is -0.285. The number of hydrogen-bond acceptors (Lipinski definition) is 5. The molecule has 33 heavy (non-hydrogen) atoms. The van der Waals surface area contributed by atoms with Crippen molar-refractivity contribution in [1.29, 1.82) is 0 Å². The van der Waals surface area contributed by atoms with Gasteiger partial charge in [0.1, 0.15) is 12.5 Å². The Bertz CT molecular complexity index is 1200. The summed E-state index contributed by atoms with van der Waals surface area (Å²) in [6.07, 6.45) is 1.69. The molecular formula is C25H23FN4O2S. The van der Waals surface area contributed by atoms with Gasteiger partial charge in [-0.2, -0.15) is 0 Å². The van der Waals surface area contributed by atoms with Crippen LogP contribution in [0.15, 0.2) is 65.0 Å². The fourth-order valence-electron chi connectivity index (χ4n) is 4.24. The summed E-state index contributed by atoms with van der Waals surface area (Å²) in [7, 11) is 0. The third-order valence-corrected chi connectivity index (χ3v) is 6.80. The van der Waals surface area contributed by atoms with E-state index in [0.29, 0.717) is 45.0 Å². The van der Waals surface area contributed by atoms with E-state index in [0.717, 1.165) is 21.7 Å². The molecule has 2 aliphatic rings. The largest absolute Gasteiger partial charge is 0.347 e. The molecule has 5 rings (SSSR count). The van der Waals surface area contributed by atoms with Crippen LogP contribution in [0.4, 0.5) is 10.1 Å². The van der Waals surface area contributed by atoms with Crippen LogP contribution in [0, 0.1) is 5.82 Å². The number of aliphatic imine (C=N–C) groups is 1. The summed E-state index contributed by atoms with van der Waals surface area (Å²) in [5.74, 6) is -0.283. The summed E-state index contributed by atoms with van der Waals surface area (Å²) in [6, 6.07) is 16.0. The summed E-state index contributed by atoms with van der Waals surface area (Å²) in [4.78, 5) is 36.4. The van der Waals surface area contributed by atoms with E-state index in [2.05, 4.69) is 9.89 Å². The molecule has 2 aromatic carbocycles. The molecule has 8 heteroatoms. The van der Waals surface area contributed by atoms with E-state index in [1.807, 2.05) is 46.7 Å². The number of fused-ring (bicyclic) bond motifs is 1. The molecule has 0 aliphatic carbocycles. The van der Waals surface area contributed by atoms with Crippen molar-refractivity contribution in [2.45, 2.75) is 6.54 Å². The second kappa shape index (κ2) is 9.15. The first-order valence-corrected chi connectivity index (χ1v) is 11.7. The quantitative estimate of drug-likeness (QED) is 0.591. The number of thiophene rings is 1. The number of hydrogen-bond donors (Lipinski definition) is 0. The molecule has 0 spiro atoms. The highest BCUT2D eigenvalue weighted by Crippen LogP contribution is 2.25. The van der Waals surface area contributed by atoms with Crippen LogP contribution in [0.25, 0.3) is 0 Å². The molecule has 0 atom stereocenters. The molecule has 0 saturated carbocycles. The van der Waals surface area contributed by atoms with Gasteiger partial charge in [-0.15, -0.1) is 11.3 Å². The van der Waals surface area contributed by atoms with Gasteiger partial charge in [0.05, 0.1) is 4.88 Å². The Morgan fingerprint density at radius 1 is 0.939 bits per heavy atom. The van der Waals surface area contributed by atoms with Gasteiger partial charge in [-0.25, -0.2) is 4.39 Å². The standard InChI is InChI=1S/C25H23FN4O2S/c26-21-6-7-22-20(14-21)15-27-17-30(22)16-18-3-1-4-19(13-18)24(31)28-8-10-29(11-9-28)25(32)23-5-2-12-33-23/h1-7,12-15H,8-11,16-17H2. The number of piperazine rings is 1. The smallest absolute Gasteiger partial charge is 0.264 e. The zero-order valence-corrected chi connectivity index (χ0v) is 18.8. The van der Waals surface area contributed by atoms with Crippen LogP contribution < -0.4 is 4.90 Å². The summed E-state index contributed by atoms with van der Waals surface area (Å²) in [5, 5.41) is 1.90. The zero-order chi connectivity index (χ0) is 22.8. The average molecular weight is 463 g/mol. The maximum absolute atomic E-state index is 13.6. The lowest BCUT2D eigenvalue weighted by molar-refractivity contribution is 0.0538. The molecule has 0 N–H and O–H groups in total. The normalized spacial score (nSPS) is 15.5. The first-order valence-electron chi connectivity index (χ1n) is 10.8. The van der Waals surface area contributed by atoms with Crippen molar-refractivity contribution in [3.8, 4) is 0 Å². The molecule has 0 unspecified atom stereocenters. The van der Waals surface area contributed by atoms with E-state index >= 15 is 0 Å². The molecular weight excluding hydrogens is 439 g/mol. The minimum Gasteiger partial charge on any atom is -0.347 e. The van der Waals surface area contributed by atoms with Crippen molar-refractivity contribution in [3.05, 3.63) is 87.4 Å². The molecule has 1 saturated heterocycles. The number of rotatable bonds is 4. The lowest BCUT2D eigenvalue weighted by Gasteiger charge is -2.34. The van der Waals surface area contributed by atoms with E-state index in [1.165, 1.54) is 23.5 Å². The highest BCUT2D eigenvalue weighted by atomic mass is 32.1. The monoisotopic (exact) mass is 462 g/mol. The van der Waals surface area contributed by atoms with Gasteiger partial charge < -0.3 is 14.7 Å². The fourth-order valence-corrected chi connectivity index (χ4v) is 4.93. The van der Waals surface area contributed by atoms with Crippen LogP contribution >= 0.6 is 11.3 Å². The fraction of sp³-hybridized carbons (Fsp3) is 0.240. The van der Waals surface area contributed by atoms with E-state index in [1.54, 1.807) is 17.2 Å². The molecule has 2 aliphatic heterocycles. The van der Waals surface area contributed by atoms with E-state index in [9.17, 15) is 14.0 Å². The van der Waals surface area contributed by atoms with Crippen LogP contribution in [-0.2, 0) is 6.54 Å². The van der Waals surface area contributed by atoms with Gasteiger partial charge in [0, 0.05) is 55.8 Å². The highest BCUT2D eigenvalue weighted by molar-refractivity contribution is 7.12. The predicted octanol–water partition coefficient (Wildman–Crippen LogP) is 3.88. The molecule has 168 valence electrons. The molecule has 6 nitrogen and oxygen atoms in total. The summed E-state index contributed by atoms with van der Waals surface area (Å²) in [6.45, 7) is 3.14. The number of nitrogens with zero attached hydrogens (tertiary/aromatic N) is 4.